The van der Waals surface area contributed by atoms with Crippen molar-refractivity contribution in [2.75, 3.05) is 6.61 Å². The highest BCUT2D eigenvalue weighted by atomic mass is 19.4. The summed E-state index contributed by atoms with van der Waals surface area (Å²) in [6.07, 6.45) is -1.65. The highest BCUT2D eigenvalue weighted by molar-refractivity contribution is 5.77. The van der Waals surface area contributed by atoms with Gasteiger partial charge >= 0.3 is 12.1 Å². The van der Waals surface area contributed by atoms with Crippen LogP contribution in [-0.2, 0) is 21.2 Å². The van der Waals surface area contributed by atoms with Gasteiger partial charge in [0.25, 0.3) is 0 Å². The zero-order valence-electron chi connectivity index (χ0n) is 10.4. The molecule has 1 atom stereocenters. The summed E-state index contributed by atoms with van der Waals surface area (Å²) in [6.45, 7) is -0.214. The van der Waals surface area contributed by atoms with E-state index in [1.54, 1.807) is 0 Å². The number of aliphatic carboxylic acids is 1. The molecule has 9 heteroatoms. The van der Waals surface area contributed by atoms with Gasteiger partial charge in [-0.1, -0.05) is 0 Å². The second-order valence-electron chi connectivity index (χ2n) is 5.36. The van der Waals surface area contributed by atoms with E-state index in [0.29, 0.717) is 11.0 Å². The van der Waals surface area contributed by atoms with Crippen LogP contribution in [0.5, 0.6) is 0 Å². The number of carbonyl (C=O) groups is 1. The zero-order chi connectivity index (χ0) is 14.6. The number of hydrogen-bond donors (Lipinski definition) is 1. The molecule has 1 unspecified atom stereocenters. The number of halogens is 3. The molecule has 1 aromatic rings. The topological polar surface area (TPSA) is 77.2 Å². The van der Waals surface area contributed by atoms with Gasteiger partial charge in [-0.2, -0.15) is 23.1 Å². The number of nitrogens with zero attached hydrogens (tertiary/aromatic N) is 3. The van der Waals surface area contributed by atoms with Gasteiger partial charge in [-0.3, -0.25) is 0 Å². The van der Waals surface area contributed by atoms with Crippen LogP contribution in [-0.4, -0.2) is 38.3 Å². The number of ether oxygens (including phenoxy) is 1. The fourth-order valence-corrected chi connectivity index (χ4v) is 2.75. The average Bonchev–Trinajstić information content (AvgIpc) is 2.93. The fraction of sp³-hybridized carbons (Fsp3) is 0.727. The van der Waals surface area contributed by atoms with E-state index in [0.717, 1.165) is 19.3 Å². The first kappa shape index (κ1) is 13.3. The van der Waals surface area contributed by atoms with E-state index < -0.39 is 29.0 Å². The molecule has 2 heterocycles. The molecule has 1 aliphatic heterocycles. The van der Waals surface area contributed by atoms with E-state index in [1.807, 2.05) is 0 Å². The molecule has 2 aliphatic rings. The smallest absolute Gasteiger partial charge is 0.436 e. The molecular formula is C11H12F3N3O3. The number of carboxylic acid groups (broad SMARTS) is 1. The number of carboxylic acids is 1. The van der Waals surface area contributed by atoms with Gasteiger partial charge < -0.3 is 9.84 Å². The molecule has 6 nitrogen and oxygen atoms in total. The highest BCUT2D eigenvalue weighted by Crippen LogP contribution is 2.49. The molecule has 20 heavy (non-hydrogen) atoms. The summed E-state index contributed by atoms with van der Waals surface area (Å²) in [6, 6.07) is 0. The Balaban J connectivity index is 1.96. The highest BCUT2D eigenvalue weighted by Gasteiger charge is 2.59. The molecule has 1 spiro atoms. The minimum Gasteiger partial charge on any atom is -0.479 e. The van der Waals surface area contributed by atoms with Crippen LogP contribution in [0.4, 0.5) is 13.2 Å². The van der Waals surface area contributed by atoms with E-state index in [4.69, 9.17) is 4.74 Å². The van der Waals surface area contributed by atoms with Crippen LogP contribution in [0.25, 0.3) is 0 Å². The minimum atomic E-state index is -4.65. The quantitative estimate of drug-likeness (QED) is 0.891. The number of aromatic nitrogens is 3. The van der Waals surface area contributed by atoms with Gasteiger partial charge in [-0.15, -0.1) is 5.10 Å². The van der Waals surface area contributed by atoms with Crippen molar-refractivity contribution in [3.8, 4) is 0 Å². The average molecular weight is 291 g/mol. The van der Waals surface area contributed by atoms with Gasteiger partial charge in [0.1, 0.15) is 0 Å². The van der Waals surface area contributed by atoms with Gasteiger partial charge in [-0.25, -0.2) is 4.79 Å². The van der Waals surface area contributed by atoms with Crippen LogP contribution in [0.3, 0.4) is 0 Å². The fourth-order valence-electron chi connectivity index (χ4n) is 2.75. The van der Waals surface area contributed by atoms with E-state index in [-0.39, 0.29) is 13.0 Å². The van der Waals surface area contributed by atoms with Crippen molar-refractivity contribution < 1.29 is 27.8 Å². The predicted molar refractivity (Wildman–Crippen MR) is 57.8 cm³/mol. The Hall–Kier alpha value is -1.64. The lowest BCUT2D eigenvalue weighted by Gasteiger charge is -2.37. The summed E-state index contributed by atoms with van der Waals surface area (Å²) in [5.74, 6) is -1.27. The van der Waals surface area contributed by atoms with Gasteiger partial charge in [0.05, 0.1) is 18.4 Å². The molecule has 2 fully saturated rings. The minimum absolute atomic E-state index is 0.0985. The molecule has 1 aliphatic carbocycles. The summed E-state index contributed by atoms with van der Waals surface area (Å²) in [7, 11) is 0. The monoisotopic (exact) mass is 291 g/mol. The third kappa shape index (κ3) is 1.80. The van der Waals surface area contributed by atoms with Crippen molar-refractivity contribution in [2.45, 2.75) is 43.0 Å². The standard InChI is InChI=1S/C11H12F3N3O3/c12-11(13,14)7-4-15-17(16-7)10(8(18)19)5-9(20-6-10)2-1-3-9/h4H,1-3,5-6H2,(H,18,19). The van der Waals surface area contributed by atoms with Crippen LogP contribution < -0.4 is 0 Å². The van der Waals surface area contributed by atoms with Crippen LogP contribution >= 0.6 is 0 Å². The third-order valence-electron chi connectivity index (χ3n) is 4.06. The van der Waals surface area contributed by atoms with Gasteiger partial charge in [0, 0.05) is 6.42 Å². The molecule has 0 radical (unpaired) electrons. The Morgan fingerprint density at radius 3 is 2.55 bits per heavy atom. The lowest BCUT2D eigenvalue weighted by atomic mass is 9.74. The van der Waals surface area contributed by atoms with Gasteiger partial charge in [0.15, 0.2) is 5.69 Å². The van der Waals surface area contributed by atoms with E-state index in [1.165, 1.54) is 0 Å². The Kier molecular flexibility index (Phi) is 2.63. The molecule has 3 rings (SSSR count). The zero-order valence-corrected chi connectivity index (χ0v) is 10.4. The van der Waals surface area contributed by atoms with Crippen molar-refractivity contribution in [1.29, 1.82) is 0 Å². The third-order valence-corrected chi connectivity index (χ3v) is 4.06. The lowest BCUT2D eigenvalue weighted by Crippen LogP contribution is -2.46. The molecule has 0 amide bonds. The maximum Gasteiger partial charge on any atom is 0.436 e. The second-order valence-corrected chi connectivity index (χ2v) is 5.36. The molecular weight excluding hydrogens is 279 g/mol. The Labute approximate surface area is 111 Å². The Bertz CT molecular complexity index is 553. The second kappa shape index (κ2) is 3.94. The van der Waals surface area contributed by atoms with E-state index in [2.05, 4.69) is 10.2 Å². The van der Waals surface area contributed by atoms with Crippen molar-refractivity contribution in [3.63, 3.8) is 0 Å². The Morgan fingerprint density at radius 1 is 1.45 bits per heavy atom. The summed E-state index contributed by atoms with van der Waals surface area (Å²) >= 11 is 0. The first-order valence-corrected chi connectivity index (χ1v) is 6.15. The van der Waals surface area contributed by atoms with Crippen molar-refractivity contribution >= 4 is 5.97 Å². The molecule has 1 aromatic heterocycles. The first-order valence-electron chi connectivity index (χ1n) is 6.15. The number of hydrogen-bond acceptors (Lipinski definition) is 4. The summed E-state index contributed by atoms with van der Waals surface area (Å²) < 4.78 is 43.2. The number of rotatable bonds is 2. The van der Waals surface area contributed by atoms with Crippen molar-refractivity contribution in [3.05, 3.63) is 11.9 Å². The lowest BCUT2D eigenvalue weighted by molar-refractivity contribution is -0.150. The first-order chi connectivity index (χ1) is 9.28. The summed E-state index contributed by atoms with van der Waals surface area (Å²) in [5.41, 5.74) is -3.39. The summed E-state index contributed by atoms with van der Waals surface area (Å²) in [5, 5.41) is 16.2. The maximum absolute atomic E-state index is 12.5. The summed E-state index contributed by atoms with van der Waals surface area (Å²) in [4.78, 5) is 12.2. The predicted octanol–water partition coefficient (Wildman–Crippen LogP) is 1.42. The molecule has 110 valence electrons. The van der Waals surface area contributed by atoms with Crippen LogP contribution in [0.1, 0.15) is 31.4 Å². The normalized spacial score (nSPS) is 28.6. The molecule has 1 N–H and O–H groups in total. The SMILES string of the molecule is O=C(O)C1(n2ncc(C(F)(F)F)n2)COC2(CCC2)C1. The van der Waals surface area contributed by atoms with Gasteiger partial charge in [-0.05, 0) is 19.3 Å². The van der Waals surface area contributed by atoms with Crippen LogP contribution in [0.2, 0.25) is 0 Å². The van der Waals surface area contributed by atoms with E-state index in [9.17, 15) is 23.1 Å². The number of alkyl halides is 3. The van der Waals surface area contributed by atoms with Gasteiger partial charge in [0.2, 0.25) is 5.54 Å². The molecule has 1 saturated carbocycles. The molecule has 1 saturated heterocycles. The van der Waals surface area contributed by atoms with E-state index >= 15 is 0 Å². The van der Waals surface area contributed by atoms with Crippen molar-refractivity contribution in [1.82, 2.24) is 15.0 Å². The molecule has 0 aromatic carbocycles. The van der Waals surface area contributed by atoms with Crippen molar-refractivity contribution in [2.24, 2.45) is 0 Å². The Morgan fingerprint density at radius 2 is 2.15 bits per heavy atom. The van der Waals surface area contributed by atoms with Crippen LogP contribution in [0, 0.1) is 0 Å². The van der Waals surface area contributed by atoms with Crippen LogP contribution in [0.15, 0.2) is 6.20 Å². The largest absolute Gasteiger partial charge is 0.479 e. The molecule has 0 bridgehead atoms. The maximum atomic E-state index is 12.5.